The molecule has 0 aromatic heterocycles. The smallest absolute Gasteiger partial charge is 0.406 e. The number of hydrazine groups is 1. The molecule has 2 N–H and O–H groups in total. The lowest BCUT2D eigenvalue weighted by atomic mass is 9.81. The van der Waals surface area contributed by atoms with Crippen LogP contribution in [-0.4, -0.2) is 17.9 Å². The van der Waals surface area contributed by atoms with E-state index in [9.17, 15) is 13.2 Å². The molecule has 0 bridgehead atoms. The van der Waals surface area contributed by atoms with E-state index in [1.54, 1.807) is 23.2 Å². The van der Waals surface area contributed by atoms with E-state index in [1.807, 2.05) is 30.3 Å². The van der Waals surface area contributed by atoms with Gasteiger partial charge in [-0.1, -0.05) is 48.5 Å². The summed E-state index contributed by atoms with van der Waals surface area (Å²) in [6.45, 7) is 0.775. The first-order valence-corrected chi connectivity index (χ1v) is 8.34. The van der Waals surface area contributed by atoms with Gasteiger partial charge in [-0.25, -0.2) is 5.01 Å². The number of benzene rings is 2. The summed E-state index contributed by atoms with van der Waals surface area (Å²) < 4.78 is 42.2. The number of piperidine rings is 1. The van der Waals surface area contributed by atoms with E-state index in [0.29, 0.717) is 12.0 Å². The molecule has 6 heteroatoms. The van der Waals surface area contributed by atoms with Gasteiger partial charge in [0.2, 0.25) is 0 Å². The first kappa shape index (κ1) is 17.8. The summed E-state index contributed by atoms with van der Waals surface area (Å²) >= 11 is 0. The molecule has 0 radical (unpaired) electrons. The van der Waals surface area contributed by atoms with Crippen LogP contribution in [0.1, 0.15) is 30.0 Å². The van der Waals surface area contributed by atoms with E-state index in [1.165, 1.54) is 6.07 Å². The van der Waals surface area contributed by atoms with Crippen molar-refractivity contribution in [2.75, 3.05) is 6.54 Å². The summed E-state index contributed by atoms with van der Waals surface area (Å²) in [6.07, 6.45) is -2.37. The van der Waals surface area contributed by atoms with Crippen molar-refractivity contribution in [1.82, 2.24) is 5.01 Å². The molecular formula is C19H21F3N2O. The molecule has 1 aliphatic rings. The van der Waals surface area contributed by atoms with Gasteiger partial charge in [0.1, 0.15) is 5.75 Å². The van der Waals surface area contributed by atoms with E-state index in [2.05, 4.69) is 4.74 Å². The maximum atomic E-state index is 12.7. The predicted molar refractivity (Wildman–Crippen MR) is 89.6 cm³/mol. The summed E-state index contributed by atoms with van der Waals surface area (Å²) in [6, 6.07) is 16.2. The number of hydrogen-bond acceptors (Lipinski definition) is 3. The first-order chi connectivity index (χ1) is 11.9. The number of alkyl halides is 3. The molecule has 134 valence electrons. The van der Waals surface area contributed by atoms with Gasteiger partial charge in [-0.15, -0.1) is 13.2 Å². The topological polar surface area (TPSA) is 38.5 Å². The largest absolute Gasteiger partial charge is 0.573 e. The molecular weight excluding hydrogens is 329 g/mol. The Balaban J connectivity index is 1.86. The molecule has 0 aliphatic carbocycles. The van der Waals surface area contributed by atoms with E-state index < -0.39 is 6.36 Å². The monoisotopic (exact) mass is 350 g/mol. The molecule has 2 atom stereocenters. The van der Waals surface area contributed by atoms with Gasteiger partial charge in [-0.3, -0.25) is 5.84 Å². The second-order valence-corrected chi connectivity index (χ2v) is 6.36. The Bertz CT molecular complexity index is 691. The minimum atomic E-state index is -4.69. The number of nitrogens with zero attached hydrogens (tertiary/aromatic N) is 1. The maximum absolute atomic E-state index is 12.7. The highest BCUT2D eigenvalue weighted by molar-refractivity contribution is 5.34. The summed E-state index contributed by atoms with van der Waals surface area (Å²) in [5.74, 6) is 6.21. The van der Waals surface area contributed by atoms with Gasteiger partial charge in [0.15, 0.2) is 0 Å². The van der Waals surface area contributed by atoms with Crippen LogP contribution >= 0.6 is 0 Å². The number of rotatable bonds is 4. The first-order valence-electron chi connectivity index (χ1n) is 8.34. The normalized spacial score (nSPS) is 21.9. The van der Waals surface area contributed by atoms with Crippen molar-refractivity contribution in [3.63, 3.8) is 0 Å². The van der Waals surface area contributed by atoms with Gasteiger partial charge in [0, 0.05) is 6.54 Å². The van der Waals surface area contributed by atoms with Crippen LogP contribution in [0.4, 0.5) is 13.2 Å². The Morgan fingerprint density at radius 2 is 1.72 bits per heavy atom. The minimum absolute atomic E-state index is 0.0195. The molecule has 0 spiro atoms. The molecule has 2 aromatic rings. The molecule has 1 fully saturated rings. The molecule has 0 amide bonds. The van der Waals surface area contributed by atoms with Crippen molar-refractivity contribution < 1.29 is 17.9 Å². The molecule has 0 saturated carbocycles. The number of halogens is 3. The molecule has 0 unspecified atom stereocenters. The number of hydrogen-bond donors (Lipinski definition) is 1. The van der Waals surface area contributed by atoms with Crippen LogP contribution < -0.4 is 10.6 Å². The van der Waals surface area contributed by atoms with Crippen LogP contribution in [0.2, 0.25) is 0 Å². The minimum Gasteiger partial charge on any atom is -0.406 e. The van der Waals surface area contributed by atoms with Gasteiger partial charge < -0.3 is 4.74 Å². The number of nitrogens with two attached hydrogens (primary N) is 1. The van der Waals surface area contributed by atoms with E-state index in [-0.39, 0.29) is 17.7 Å². The highest BCUT2D eigenvalue weighted by Crippen LogP contribution is 2.38. The van der Waals surface area contributed by atoms with Crippen LogP contribution in [0.3, 0.4) is 0 Å². The van der Waals surface area contributed by atoms with Crippen molar-refractivity contribution in [3.05, 3.63) is 65.7 Å². The molecule has 25 heavy (non-hydrogen) atoms. The average Bonchev–Trinajstić information content (AvgIpc) is 2.56. The van der Waals surface area contributed by atoms with E-state index in [4.69, 9.17) is 5.84 Å². The lowest BCUT2D eigenvalue weighted by Crippen LogP contribution is -2.44. The second kappa shape index (κ2) is 7.45. The third-order valence-corrected chi connectivity index (χ3v) is 4.62. The lowest BCUT2D eigenvalue weighted by Gasteiger charge is -2.39. The molecule has 3 rings (SSSR count). The Morgan fingerprint density at radius 1 is 1.04 bits per heavy atom. The van der Waals surface area contributed by atoms with Crippen LogP contribution in [-0.2, 0) is 6.42 Å². The fraction of sp³-hybridized carbons (Fsp3) is 0.368. The molecule has 1 saturated heterocycles. The van der Waals surface area contributed by atoms with Crippen LogP contribution in [0.5, 0.6) is 5.75 Å². The summed E-state index contributed by atoms with van der Waals surface area (Å²) in [4.78, 5) is 0. The Morgan fingerprint density at radius 3 is 2.44 bits per heavy atom. The zero-order valence-electron chi connectivity index (χ0n) is 13.7. The van der Waals surface area contributed by atoms with E-state index >= 15 is 0 Å². The predicted octanol–water partition coefficient (Wildman–Crippen LogP) is 4.45. The van der Waals surface area contributed by atoms with Crippen molar-refractivity contribution in [2.45, 2.75) is 31.7 Å². The number of ether oxygens (including phenoxy) is 1. The van der Waals surface area contributed by atoms with Gasteiger partial charge >= 0.3 is 6.36 Å². The summed E-state index contributed by atoms with van der Waals surface area (Å²) in [5, 5.41) is 1.80. The Hall–Kier alpha value is -2.05. The Labute approximate surface area is 145 Å². The fourth-order valence-corrected chi connectivity index (χ4v) is 3.61. The van der Waals surface area contributed by atoms with Crippen LogP contribution in [0, 0.1) is 5.92 Å². The van der Waals surface area contributed by atoms with Gasteiger partial charge in [0.25, 0.3) is 0 Å². The molecule has 1 aliphatic heterocycles. The summed E-state index contributed by atoms with van der Waals surface area (Å²) in [5.41, 5.74) is 1.64. The van der Waals surface area contributed by atoms with Crippen molar-refractivity contribution in [3.8, 4) is 5.75 Å². The molecule has 2 aromatic carbocycles. The zero-order chi connectivity index (χ0) is 17.9. The second-order valence-electron chi connectivity index (χ2n) is 6.36. The number of para-hydroxylation sites is 1. The van der Waals surface area contributed by atoms with Crippen molar-refractivity contribution in [2.24, 2.45) is 11.8 Å². The third-order valence-electron chi connectivity index (χ3n) is 4.62. The highest BCUT2D eigenvalue weighted by atomic mass is 19.4. The zero-order valence-corrected chi connectivity index (χ0v) is 13.7. The van der Waals surface area contributed by atoms with E-state index in [0.717, 1.165) is 24.9 Å². The van der Waals surface area contributed by atoms with Crippen molar-refractivity contribution >= 4 is 0 Å². The Kier molecular flexibility index (Phi) is 5.30. The van der Waals surface area contributed by atoms with Crippen molar-refractivity contribution in [1.29, 1.82) is 0 Å². The van der Waals surface area contributed by atoms with Crippen LogP contribution in [0.15, 0.2) is 54.6 Å². The molecule has 1 heterocycles. The standard InChI is InChI=1S/C19H21F3N2O/c20-19(21,22)25-17-11-5-4-9-15(17)13-16-10-6-12-24(23)18(16)14-7-2-1-3-8-14/h1-5,7-9,11,16,18H,6,10,12-13,23H2/t16-,18+/m0/s1. The van der Waals surface area contributed by atoms with Gasteiger partial charge in [-0.2, -0.15) is 0 Å². The highest BCUT2D eigenvalue weighted by Gasteiger charge is 2.34. The maximum Gasteiger partial charge on any atom is 0.573 e. The SMILES string of the molecule is NN1CCC[C@@H](Cc2ccccc2OC(F)(F)F)[C@H]1c1ccccc1. The third kappa shape index (κ3) is 4.52. The molecule has 3 nitrogen and oxygen atoms in total. The summed E-state index contributed by atoms with van der Waals surface area (Å²) in [7, 11) is 0. The van der Waals surface area contributed by atoms with Crippen LogP contribution in [0.25, 0.3) is 0 Å². The average molecular weight is 350 g/mol. The van der Waals surface area contributed by atoms with Gasteiger partial charge in [0.05, 0.1) is 6.04 Å². The van der Waals surface area contributed by atoms with Gasteiger partial charge in [-0.05, 0) is 42.4 Å². The quantitative estimate of drug-likeness (QED) is 0.828. The lowest BCUT2D eigenvalue weighted by molar-refractivity contribution is -0.274. The fourth-order valence-electron chi connectivity index (χ4n) is 3.61.